The summed E-state index contributed by atoms with van der Waals surface area (Å²) in [6.45, 7) is 8.55. The highest BCUT2D eigenvalue weighted by Crippen LogP contribution is 2.28. The van der Waals surface area contributed by atoms with Crippen molar-refractivity contribution in [1.29, 1.82) is 0 Å². The van der Waals surface area contributed by atoms with Crippen molar-refractivity contribution in [1.82, 2.24) is 10.2 Å². The first-order valence-corrected chi connectivity index (χ1v) is 14.2. The van der Waals surface area contributed by atoms with Gasteiger partial charge in [0.1, 0.15) is 12.6 Å². The van der Waals surface area contributed by atoms with Crippen molar-refractivity contribution in [3.63, 3.8) is 0 Å². The molecule has 1 atom stereocenters. The van der Waals surface area contributed by atoms with Crippen molar-refractivity contribution < 1.29 is 18.0 Å². The zero-order chi connectivity index (χ0) is 28.0. The molecule has 0 fully saturated rings. The molecule has 9 heteroatoms. The van der Waals surface area contributed by atoms with E-state index in [1.165, 1.54) is 17.0 Å². The highest BCUT2D eigenvalue weighted by molar-refractivity contribution is 7.92. The van der Waals surface area contributed by atoms with Gasteiger partial charge in [-0.25, -0.2) is 8.42 Å². The maximum Gasteiger partial charge on any atom is 0.264 e. The maximum atomic E-state index is 13.9. The molecule has 2 amide bonds. The van der Waals surface area contributed by atoms with Gasteiger partial charge in [-0.05, 0) is 70.0 Å². The number of nitrogens with one attached hydrogen (secondary N) is 1. The topological polar surface area (TPSA) is 86.8 Å². The molecule has 0 aliphatic carbocycles. The Morgan fingerprint density at radius 1 is 0.921 bits per heavy atom. The van der Waals surface area contributed by atoms with Gasteiger partial charge in [0.15, 0.2) is 0 Å². The molecule has 0 radical (unpaired) electrons. The minimum atomic E-state index is -4.10. The van der Waals surface area contributed by atoms with E-state index in [4.69, 9.17) is 11.6 Å². The second kappa shape index (κ2) is 12.5. The average Bonchev–Trinajstić information content (AvgIpc) is 2.86. The number of benzene rings is 3. The van der Waals surface area contributed by atoms with E-state index in [0.29, 0.717) is 21.8 Å². The summed E-state index contributed by atoms with van der Waals surface area (Å²) in [6, 6.07) is 19.4. The Bertz CT molecular complexity index is 1390. The fraction of sp³-hybridized carbons (Fsp3) is 0.310. The molecule has 0 saturated heterocycles. The first kappa shape index (κ1) is 29.2. The van der Waals surface area contributed by atoms with Crippen LogP contribution in [0.15, 0.2) is 77.7 Å². The summed E-state index contributed by atoms with van der Waals surface area (Å²) in [6.07, 6.45) is 0. The van der Waals surface area contributed by atoms with Crippen molar-refractivity contribution in [2.45, 2.75) is 58.1 Å². The van der Waals surface area contributed by atoms with Gasteiger partial charge in [-0.2, -0.15) is 0 Å². The van der Waals surface area contributed by atoms with Gasteiger partial charge in [0, 0.05) is 17.6 Å². The van der Waals surface area contributed by atoms with Gasteiger partial charge in [0.2, 0.25) is 11.8 Å². The lowest BCUT2D eigenvalue weighted by Gasteiger charge is -2.33. The number of aryl methyl sites for hydroxylation is 2. The molecule has 38 heavy (non-hydrogen) atoms. The molecule has 3 aromatic carbocycles. The molecule has 3 rings (SSSR count). The van der Waals surface area contributed by atoms with E-state index in [-0.39, 0.29) is 23.4 Å². The Morgan fingerprint density at radius 3 is 2.16 bits per heavy atom. The van der Waals surface area contributed by atoms with Crippen LogP contribution < -0.4 is 9.62 Å². The van der Waals surface area contributed by atoms with Crippen LogP contribution in [0.1, 0.15) is 37.5 Å². The Kier molecular flexibility index (Phi) is 9.57. The summed E-state index contributed by atoms with van der Waals surface area (Å²) in [4.78, 5) is 28.3. The van der Waals surface area contributed by atoms with Gasteiger partial charge < -0.3 is 10.2 Å². The lowest BCUT2D eigenvalue weighted by Crippen LogP contribution is -2.52. The maximum absolute atomic E-state index is 13.9. The molecule has 0 aromatic heterocycles. The van der Waals surface area contributed by atoms with Crippen LogP contribution in [0.3, 0.4) is 0 Å². The Balaban J connectivity index is 2.07. The number of halogens is 1. The SMILES string of the molecule is Cc1ccc(N(CC(=O)N(Cc2ccccc2Cl)[C@H](C)C(=O)NC(C)C)S(=O)(=O)c2ccccc2)c(C)c1. The van der Waals surface area contributed by atoms with Crippen LogP contribution in [0.25, 0.3) is 0 Å². The number of nitrogens with zero attached hydrogens (tertiary/aromatic N) is 2. The molecule has 202 valence electrons. The lowest BCUT2D eigenvalue weighted by molar-refractivity contribution is -0.139. The average molecular weight is 556 g/mol. The van der Waals surface area contributed by atoms with Crippen molar-refractivity contribution in [2.75, 3.05) is 10.8 Å². The highest BCUT2D eigenvalue weighted by atomic mass is 35.5. The number of sulfonamides is 1. The summed E-state index contributed by atoms with van der Waals surface area (Å²) in [5, 5.41) is 3.29. The molecule has 7 nitrogen and oxygen atoms in total. The fourth-order valence-electron chi connectivity index (χ4n) is 4.12. The number of hydrogen-bond donors (Lipinski definition) is 1. The number of rotatable bonds is 10. The quantitative estimate of drug-likeness (QED) is 0.377. The van der Waals surface area contributed by atoms with Crippen LogP contribution in [-0.4, -0.2) is 43.8 Å². The smallest absolute Gasteiger partial charge is 0.264 e. The summed E-state index contributed by atoms with van der Waals surface area (Å²) in [7, 11) is -4.10. The summed E-state index contributed by atoms with van der Waals surface area (Å²) in [5.74, 6) is -0.875. The van der Waals surface area contributed by atoms with E-state index in [2.05, 4.69) is 5.32 Å². The van der Waals surface area contributed by atoms with Gasteiger partial charge >= 0.3 is 0 Å². The molecule has 3 aromatic rings. The number of carbonyl (C=O) groups excluding carboxylic acids is 2. The molecular weight excluding hydrogens is 522 g/mol. The number of amides is 2. The molecule has 0 aliphatic rings. The Hall–Kier alpha value is -3.36. The van der Waals surface area contributed by atoms with Crippen LogP contribution in [0.5, 0.6) is 0 Å². The van der Waals surface area contributed by atoms with E-state index in [9.17, 15) is 18.0 Å². The van der Waals surface area contributed by atoms with Gasteiger partial charge in [0.05, 0.1) is 10.6 Å². The first-order chi connectivity index (χ1) is 17.9. The van der Waals surface area contributed by atoms with Crippen molar-refractivity contribution in [3.05, 3.63) is 94.5 Å². The van der Waals surface area contributed by atoms with Crippen molar-refractivity contribution >= 4 is 39.1 Å². The largest absolute Gasteiger partial charge is 0.352 e. The Labute approximate surface area is 230 Å². The van der Waals surface area contributed by atoms with Crippen LogP contribution in [0.4, 0.5) is 5.69 Å². The van der Waals surface area contributed by atoms with Gasteiger partial charge in [0.25, 0.3) is 10.0 Å². The zero-order valence-electron chi connectivity index (χ0n) is 22.3. The molecule has 0 spiro atoms. The minimum absolute atomic E-state index is 0.0390. The van der Waals surface area contributed by atoms with Crippen molar-refractivity contribution in [2.24, 2.45) is 0 Å². The third kappa shape index (κ3) is 6.94. The fourth-order valence-corrected chi connectivity index (χ4v) is 5.81. The van der Waals surface area contributed by atoms with Gasteiger partial charge in [-0.3, -0.25) is 13.9 Å². The number of hydrogen-bond acceptors (Lipinski definition) is 4. The van der Waals surface area contributed by atoms with Crippen LogP contribution in [0, 0.1) is 13.8 Å². The van der Waals surface area contributed by atoms with E-state index in [0.717, 1.165) is 9.87 Å². The van der Waals surface area contributed by atoms with Gasteiger partial charge in [-0.15, -0.1) is 0 Å². The molecule has 0 bridgehead atoms. The third-order valence-corrected chi connectivity index (χ3v) is 8.27. The summed E-state index contributed by atoms with van der Waals surface area (Å²) in [5.41, 5.74) is 2.72. The van der Waals surface area contributed by atoms with E-state index in [1.807, 2.05) is 26.8 Å². The normalized spacial score (nSPS) is 12.2. The van der Waals surface area contributed by atoms with E-state index >= 15 is 0 Å². The van der Waals surface area contributed by atoms with Crippen LogP contribution >= 0.6 is 11.6 Å². The highest BCUT2D eigenvalue weighted by Gasteiger charge is 2.33. The first-order valence-electron chi connectivity index (χ1n) is 12.4. The second-order valence-corrected chi connectivity index (χ2v) is 11.8. The number of anilines is 1. The predicted molar refractivity (Wildman–Crippen MR) is 152 cm³/mol. The Morgan fingerprint density at radius 2 is 1.55 bits per heavy atom. The molecule has 1 N–H and O–H groups in total. The van der Waals surface area contributed by atoms with Gasteiger partial charge in [-0.1, -0.05) is 65.7 Å². The van der Waals surface area contributed by atoms with Crippen LogP contribution in [0.2, 0.25) is 5.02 Å². The standard InChI is InChI=1S/C29H34ClN3O4S/c1-20(2)31-29(35)23(5)32(18-24-11-9-10-14-26(24)30)28(34)19-33(27-16-15-21(3)17-22(27)4)38(36,37)25-12-7-6-8-13-25/h6-17,20,23H,18-19H2,1-5H3,(H,31,35)/t23-/m1/s1. The summed E-state index contributed by atoms with van der Waals surface area (Å²) >= 11 is 6.39. The second-order valence-electron chi connectivity index (χ2n) is 9.57. The van der Waals surface area contributed by atoms with E-state index < -0.39 is 28.5 Å². The molecular formula is C29H34ClN3O4S. The van der Waals surface area contributed by atoms with Crippen LogP contribution in [-0.2, 0) is 26.2 Å². The molecule has 0 saturated carbocycles. The summed E-state index contributed by atoms with van der Waals surface area (Å²) < 4.78 is 28.8. The van der Waals surface area contributed by atoms with E-state index in [1.54, 1.807) is 68.4 Å². The van der Waals surface area contributed by atoms with Crippen molar-refractivity contribution in [3.8, 4) is 0 Å². The molecule has 0 heterocycles. The predicted octanol–water partition coefficient (Wildman–Crippen LogP) is 5.09. The monoisotopic (exact) mass is 555 g/mol. The zero-order valence-corrected chi connectivity index (χ0v) is 23.9. The minimum Gasteiger partial charge on any atom is -0.352 e. The number of carbonyl (C=O) groups is 2. The third-order valence-electron chi connectivity index (χ3n) is 6.13. The molecule has 0 aliphatic heterocycles. The lowest BCUT2D eigenvalue weighted by atomic mass is 10.1. The molecule has 0 unspecified atom stereocenters.